The molecule has 1 N–H and O–H groups in total. The standard InChI is InChI=1S/C14H20N2O3/c1-10(7-15)8-16-9-11-5-12(17-2)14(19-4)13(6-11)18-3/h5-6,10,16H,8-9H2,1-4H3. The van der Waals surface area contributed by atoms with E-state index in [9.17, 15) is 0 Å². The fourth-order valence-corrected chi connectivity index (χ4v) is 1.72. The molecule has 1 aromatic rings. The first-order valence-electron chi connectivity index (χ1n) is 6.05. The summed E-state index contributed by atoms with van der Waals surface area (Å²) in [6.07, 6.45) is 0. The number of hydrogen-bond acceptors (Lipinski definition) is 5. The summed E-state index contributed by atoms with van der Waals surface area (Å²) in [7, 11) is 4.76. The average Bonchev–Trinajstić information content (AvgIpc) is 2.45. The van der Waals surface area contributed by atoms with Crippen molar-refractivity contribution in [1.82, 2.24) is 5.32 Å². The van der Waals surface area contributed by atoms with Gasteiger partial charge in [-0.3, -0.25) is 0 Å². The fourth-order valence-electron chi connectivity index (χ4n) is 1.72. The van der Waals surface area contributed by atoms with Crippen LogP contribution in [-0.2, 0) is 6.54 Å². The number of hydrogen-bond donors (Lipinski definition) is 1. The second-order valence-electron chi connectivity index (χ2n) is 4.19. The van der Waals surface area contributed by atoms with Gasteiger partial charge in [-0.1, -0.05) is 0 Å². The van der Waals surface area contributed by atoms with Gasteiger partial charge in [0.25, 0.3) is 0 Å². The predicted octanol–water partition coefficient (Wildman–Crippen LogP) is 1.96. The zero-order valence-electron chi connectivity index (χ0n) is 11.8. The van der Waals surface area contributed by atoms with Crippen molar-refractivity contribution >= 4 is 0 Å². The van der Waals surface area contributed by atoms with Gasteiger partial charge in [0, 0.05) is 13.1 Å². The molecule has 0 spiro atoms. The summed E-state index contributed by atoms with van der Waals surface area (Å²) in [5, 5.41) is 11.9. The van der Waals surface area contributed by atoms with Crippen molar-refractivity contribution in [3.8, 4) is 23.3 Å². The molecule has 5 nitrogen and oxygen atoms in total. The highest BCUT2D eigenvalue weighted by Gasteiger charge is 2.12. The van der Waals surface area contributed by atoms with Crippen molar-refractivity contribution in [2.75, 3.05) is 27.9 Å². The lowest BCUT2D eigenvalue weighted by atomic mass is 10.1. The molecular formula is C14H20N2O3. The van der Waals surface area contributed by atoms with Crippen molar-refractivity contribution in [3.63, 3.8) is 0 Å². The molecule has 0 aliphatic rings. The summed E-state index contributed by atoms with van der Waals surface area (Å²) in [6, 6.07) is 5.97. The number of rotatable bonds is 7. The van der Waals surface area contributed by atoms with Crippen LogP contribution in [0.15, 0.2) is 12.1 Å². The Labute approximate surface area is 114 Å². The maximum atomic E-state index is 8.72. The molecule has 0 aliphatic carbocycles. The molecule has 104 valence electrons. The first-order valence-corrected chi connectivity index (χ1v) is 6.05. The van der Waals surface area contributed by atoms with Gasteiger partial charge in [0.15, 0.2) is 11.5 Å². The monoisotopic (exact) mass is 264 g/mol. The first kappa shape index (κ1) is 15.1. The van der Waals surface area contributed by atoms with Crippen molar-refractivity contribution in [3.05, 3.63) is 17.7 Å². The lowest BCUT2D eigenvalue weighted by Crippen LogP contribution is -2.19. The van der Waals surface area contributed by atoms with E-state index in [4.69, 9.17) is 19.5 Å². The van der Waals surface area contributed by atoms with E-state index in [1.54, 1.807) is 21.3 Å². The van der Waals surface area contributed by atoms with Gasteiger partial charge in [0.05, 0.1) is 33.3 Å². The first-order chi connectivity index (χ1) is 9.15. The Morgan fingerprint density at radius 1 is 1.16 bits per heavy atom. The van der Waals surface area contributed by atoms with E-state index in [0.717, 1.165) is 5.56 Å². The molecule has 0 aromatic heterocycles. The second-order valence-corrected chi connectivity index (χ2v) is 4.19. The molecule has 1 atom stereocenters. The van der Waals surface area contributed by atoms with Crippen molar-refractivity contribution in [2.45, 2.75) is 13.5 Å². The largest absolute Gasteiger partial charge is 0.493 e. The highest BCUT2D eigenvalue weighted by atomic mass is 16.5. The molecule has 0 aliphatic heterocycles. The van der Waals surface area contributed by atoms with Gasteiger partial charge in [0.2, 0.25) is 5.75 Å². The third-order valence-corrected chi connectivity index (χ3v) is 2.72. The normalized spacial score (nSPS) is 11.5. The zero-order chi connectivity index (χ0) is 14.3. The van der Waals surface area contributed by atoms with Gasteiger partial charge in [-0.15, -0.1) is 0 Å². The van der Waals surface area contributed by atoms with Crippen molar-refractivity contribution in [1.29, 1.82) is 5.26 Å². The summed E-state index contributed by atoms with van der Waals surface area (Å²) >= 11 is 0. The molecule has 0 saturated heterocycles. The van der Waals surface area contributed by atoms with E-state index in [1.165, 1.54) is 0 Å². The van der Waals surface area contributed by atoms with E-state index in [2.05, 4.69) is 11.4 Å². The van der Waals surface area contributed by atoms with Crippen molar-refractivity contribution in [2.24, 2.45) is 5.92 Å². The van der Waals surface area contributed by atoms with Crippen LogP contribution in [0, 0.1) is 17.2 Å². The van der Waals surface area contributed by atoms with Gasteiger partial charge in [0.1, 0.15) is 0 Å². The minimum atomic E-state index is -0.0120. The van der Waals surface area contributed by atoms with Crippen molar-refractivity contribution < 1.29 is 14.2 Å². The summed E-state index contributed by atoms with van der Waals surface area (Å²) in [5.41, 5.74) is 1.01. The molecule has 5 heteroatoms. The second kappa shape index (κ2) is 7.49. The molecule has 19 heavy (non-hydrogen) atoms. The van der Waals surface area contributed by atoms with Crippen LogP contribution in [0.1, 0.15) is 12.5 Å². The van der Waals surface area contributed by atoms with Crippen LogP contribution < -0.4 is 19.5 Å². The fraction of sp³-hybridized carbons (Fsp3) is 0.500. The molecule has 0 bridgehead atoms. The number of benzene rings is 1. The topological polar surface area (TPSA) is 63.5 Å². The predicted molar refractivity (Wildman–Crippen MR) is 72.6 cm³/mol. The minimum Gasteiger partial charge on any atom is -0.493 e. The molecule has 0 fully saturated rings. The quantitative estimate of drug-likeness (QED) is 0.815. The Morgan fingerprint density at radius 2 is 1.74 bits per heavy atom. The maximum Gasteiger partial charge on any atom is 0.203 e. The number of nitrogens with zero attached hydrogens (tertiary/aromatic N) is 1. The Hall–Kier alpha value is -1.93. The van der Waals surface area contributed by atoms with Crippen LogP contribution >= 0.6 is 0 Å². The van der Waals surface area contributed by atoms with Crippen LogP contribution in [0.3, 0.4) is 0 Å². The zero-order valence-corrected chi connectivity index (χ0v) is 11.8. The van der Waals surface area contributed by atoms with E-state index >= 15 is 0 Å². The van der Waals surface area contributed by atoms with Gasteiger partial charge in [-0.25, -0.2) is 0 Å². The highest BCUT2D eigenvalue weighted by Crippen LogP contribution is 2.38. The molecule has 0 amide bonds. The molecule has 1 unspecified atom stereocenters. The smallest absolute Gasteiger partial charge is 0.203 e. The highest BCUT2D eigenvalue weighted by molar-refractivity contribution is 5.53. The number of ether oxygens (including phenoxy) is 3. The van der Waals surface area contributed by atoms with E-state index < -0.39 is 0 Å². The Balaban J connectivity index is 2.82. The summed E-state index contributed by atoms with van der Waals surface area (Å²) < 4.78 is 15.8. The lowest BCUT2D eigenvalue weighted by Gasteiger charge is -2.14. The third kappa shape index (κ3) is 4.04. The number of nitriles is 1. The maximum absolute atomic E-state index is 8.72. The molecule has 0 heterocycles. The molecular weight excluding hydrogens is 244 g/mol. The number of methoxy groups -OCH3 is 3. The summed E-state index contributed by atoms with van der Waals surface area (Å²) in [6.45, 7) is 3.16. The van der Waals surface area contributed by atoms with Crippen LogP contribution in [0.25, 0.3) is 0 Å². The van der Waals surface area contributed by atoms with Gasteiger partial charge in [-0.05, 0) is 24.6 Å². The molecule has 0 saturated carbocycles. The van der Waals surface area contributed by atoms with E-state index in [-0.39, 0.29) is 5.92 Å². The van der Waals surface area contributed by atoms with Crippen LogP contribution in [0.2, 0.25) is 0 Å². The van der Waals surface area contributed by atoms with Gasteiger partial charge < -0.3 is 19.5 Å². The molecule has 0 radical (unpaired) electrons. The van der Waals surface area contributed by atoms with E-state index in [0.29, 0.717) is 30.3 Å². The van der Waals surface area contributed by atoms with Crippen LogP contribution in [0.4, 0.5) is 0 Å². The average molecular weight is 264 g/mol. The molecule has 1 aromatic carbocycles. The Morgan fingerprint density at radius 3 is 2.16 bits per heavy atom. The Bertz CT molecular complexity index is 429. The molecule has 1 rings (SSSR count). The summed E-state index contributed by atoms with van der Waals surface area (Å²) in [4.78, 5) is 0. The SMILES string of the molecule is COc1cc(CNCC(C)C#N)cc(OC)c1OC. The van der Waals surface area contributed by atoms with Gasteiger partial charge in [-0.2, -0.15) is 5.26 Å². The minimum absolute atomic E-state index is 0.0120. The third-order valence-electron chi connectivity index (χ3n) is 2.72. The number of nitrogens with one attached hydrogen (secondary N) is 1. The lowest BCUT2D eigenvalue weighted by molar-refractivity contribution is 0.323. The Kier molecular flexibility index (Phi) is 5.97. The van der Waals surface area contributed by atoms with E-state index in [1.807, 2.05) is 19.1 Å². The van der Waals surface area contributed by atoms with Crippen LogP contribution in [0.5, 0.6) is 17.2 Å². The van der Waals surface area contributed by atoms with Crippen LogP contribution in [-0.4, -0.2) is 27.9 Å². The summed E-state index contributed by atoms with van der Waals surface area (Å²) in [5.74, 6) is 1.83. The van der Waals surface area contributed by atoms with Gasteiger partial charge >= 0.3 is 0 Å².